The molecule has 1 unspecified atom stereocenters. The molecule has 0 fully saturated rings. The smallest absolute Gasteiger partial charge is 0.407 e. The van der Waals surface area contributed by atoms with Gasteiger partial charge in [-0.05, 0) is 78.3 Å². The standard InChI is InChI=1S/C35H33NO5/c1-35(2,3)41-33(38)26-10-8-9-25(20-26)24-17-15-23(16-18-24)19-27(21-37)36-34(39)40-22-32-30-13-6-4-11-28(30)29-12-5-7-14-31(29)32/h4-18,20-21,27,32H,19,22H2,1-3H3,(H,36,39). The molecule has 4 aromatic rings. The fourth-order valence-corrected chi connectivity index (χ4v) is 5.17. The number of hydrogen-bond acceptors (Lipinski definition) is 5. The minimum atomic E-state index is -0.730. The molecule has 1 amide bonds. The van der Waals surface area contributed by atoms with Crippen LogP contribution in [-0.2, 0) is 20.7 Å². The van der Waals surface area contributed by atoms with E-state index < -0.39 is 17.7 Å². The van der Waals surface area contributed by atoms with Crippen LogP contribution in [0.4, 0.5) is 4.79 Å². The predicted octanol–water partition coefficient (Wildman–Crippen LogP) is 6.96. The monoisotopic (exact) mass is 547 g/mol. The summed E-state index contributed by atoms with van der Waals surface area (Å²) >= 11 is 0. The maximum absolute atomic E-state index is 12.7. The van der Waals surface area contributed by atoms with Crippen LogP contribution in [0.1, 0.15) is 53.7 Å². The van der Waals surface area contributed by atoms with E-state index in [9.17, 15) is 14.4 Å². The lowest BCUT2D eigenvalue weighted by atomic mass is 9.98. The minimum Gasteiger partial charge on any atom is -0.456 e. The third kappa shape index (κ3) is 6.55. The van der Waals surface area contributed by atoms with Crippen molar-refractivity contribution in [3.05, 3.63) is 119 Å². The van der Waals surface area contributed by atoms with E-state index in [1.807, 2.05) is 81.4 Å². The molecule has 1 aliphatic rings. The Balaban J connectivity index is 1.19. The number of fused-ring (bicyclic) bond motifs is 3. The van der Waals surface area contributed by atoms with E-state index in [-0.39, 0.29) is 18.5 Å². The molecule has 1 N–H and O–H groups in total. The van der Waals surface area contributed by atoms with Gasteiger partial charge in [-0.2, -0.15) is 0 Å². The molecule has 6 nitrogen and oxygen atoms in total. The summed E-state index contributed by atoms with van der Waals surface area (Å²) in [5.74, 6) is -0.423. The van der Waals surface area contributed by atoms with Crippen LogP contribution >= 0.6 is 0 Å². The molecule has 4 aromatic carbocycles. The fraction of sp³-hybridized carbons (Fsp3) is 0.229. The number of carbonyl (C=O) groups excluding carboxylic acids is 3. The van der Waals surface area contributed by atoms with Crippen molar-refractivity contribution < 1.29 is 23.9 Å². The Labute approximate surface area is 240 Å². The van der Waals surface area contributed by atoms with Gasteiger partial charge in [-0.15, -0.1) is 0 Å². The maximum Gasteiger partial charge on any atom is 0.407 e. The summed E-state index contributed by atoms with van der Waals surface area (Å²) < 4.78 is 11.1. The number of amides is 1. The number of ether oxygens (including phenoxy) is 2. The molecule has 41 heavy (non-hydrogen) atoms. The van der Waals surface area contributed by atoms with Crippen LogP contribution in [0, 0.1) is 0 Å². The van der Waals surface area contributed by atoms with Gasteiger partial charge in [0.15, 0.2) is 0 Å². The first-order valence-corrected chi connectivity index (χ1v) is 13.7. The zero-order valence-electron chi connectivity index (χ0n) is 23.4. The van der Waals surface area contributed by atoms with Crippen LogP contribution < -0.4 is 5.32 Å². The number of benzene rings is 4. The molecular weight excluding hydrogens is 514 g/mol. The molecule has 208 valence electrons. The van der Waals surface area contributed by atoms with Gasteiger partial charge in [-0.3, -0.25) is 0 Å². The first-order valence-electron chi connectivity index (χ1n) is 13.7. The van der Waals surface area contributed by atoms with Crippen molar-refractivity contribution in [1.82, 2.24) is 5.32 Å². The SMILES string of the molecule is CC(C)(C)OC(=O)c1cccc(-c2ccc(CC(C=O)NC(=O)OCC3c4ccccc4-c4ccccc43)cc2)c1. The first kappa shape index (κ1) is 27.8. The maximum atomic E-state index is 12.7. The molecule has 0 aromatic heterocycles. The van der Waals surface area contributed by atoms with Crippen LogP contribution in [-0.4, -0.2) is 36.6 Å². The second-order valence-corrected chi connectivity index (χ2v) is 11.2. The number of carbonyl (C=O) groups is 3. The molecule has 6 heteroatoms. The zero-order chi connectivity index (χ0) is 29.0. The highest BCUT2D eigenvalue weighted by Crippen LogP contribution is 2.44. The molecule has 0 spiro atoms. The van der Waals surface area contributed by atoms with E-state index in [1.54, 1.807) is 12.1 Å². The molecule has 0 aliphatic heterocycles. The lowest BCUT2D eigenvalue weighted by molar-refractivity contribution is -0.109. The number of nitrogens with one attached hydrogen (secondary N) is 1. The summed E-state index contributed by atoms with van der Waals surface area (Å²) in [5.41, 5.74) is 7.16. The van der Waals surface area contributed by atoms with Gasteiger partial charge >= 0.3 is 12.1 Å². The summed E-state index contributed by atoms with van der Waals surface area (Å²) in [6.07, 6.45) is 0.422. The quantitative estimate of drug-likeness (QED) is 0.191. The summed E-state index contributed by atoms with van der Waals surface area (Å²) in [5, 5.41) is 2.69. The zero-order valence-corrected chi connectivity index (χ0v) is 23.4. The molecule has 0 saturated heterocycles. The van der Waals surface area contributed by atoms with E-state index in [4.69, 9.17) is 9.47 Å². The third-order valence-electron chi connectivity index (χ3n) is 7.05. The summed E-state index contributed by atoms with van der Waals surface area (Å²) in [4.78, 5) is 36.9. The molecular formula is C35H33NO5. The third-order valence-corrected chi connectivity index (χ3v) is 7.05. The van der Waals surface area contributed by atoms with E-state index >= 15 is 0 Å². The van der Waals surface area contributed by atoms with Gasteiger partial charge in [0.25, 0.3) is 0 Å². The summed E-state index contributed by atoms with van der Waals surface area (Å²) in [6.45, 7) is 5.69. The average molecular weight is 548 g/mol. The fourth-order valence-electron chi connectivity index (χ4n) is 5.17. The highest BCUT2D eigenvalue weighted by Gasteiger charge is 2.29. The lowest BCUT2D eigenvalue weighted by Gasteiger charge is -2.19. The van der Waals surface area contributed by atoms with Gasteiger partial charge in [0, 0.05) is 5.92 Å². The number of esters is 1. The van der Waals surface area contributed by atoms with Crippen molar-refractivity contribution in [2.24, 2.45) is 0 Å². The summed E-state index contributed by atoms with van der Waals surface area (Å²) in [7, 11) is 0. The van der Waals surface area contributed by atoms with Crippen molar-refractivity contribution in [2.45, 2.75) is 44.8 Å². The Kier molecular flexibility index (Phi) is 8.02. The normalized spacial score (nSPS) is 13.0. The second kappa shape index (κ2) is 11.8. The number of rotatable bonds is 8. The Morgan fingerprint density at radius 2 is 1.46 bits per heavy atom. The average Bonchev–Trinajstić information content (AvgIpc) is 3.29. The van der Waals surface area contributed by atoms with Gasteiger partial charge in [0.05, 0.1) is 11.6 Å². The summed E-state index contributed by atoms with van der Waals surface area (Å²) in [6, 6.07) is 30.5. The Morgan fingerprint density at radius 1 is 0.829 bits per heavy atom. The number of alkyl carbamates (subject to hydrolysis) is 1. The van der Waals surface area contributed by atoms with Gasteiger partial charge in [0.2, 0.25) is 0 Å². The van der Waals surface area contributed by atoms with Gasteiger partial charge in [-0.1, -0.05) is 84.9 Å². The van der Waals surface area contributed by atoms with Gasteiger partial charge in [0.1, 0.15) is 18.5 Å². The van der Waals surface area contributed by atoms with Crippen molar-refractivity contribution in [2.75, 3.05) is 6.61 Å². The molecule has 5 rings (SSSR count). The van der Waals surface area contributed by atoms with Crippen LogP contribution in [0.2, 0.25) is 0 Å². The number of aldehydes is 1. The van der Waals surface area contributed by atoms with Crippen LogP contribution in [0.25, 0.3) is 22.3 Å². The molecule has 1 atom stereocenters. The van der Waals surface area contributed by atoms with Crippen LogP contribution in [0.15, 0.2) is 97.1 Å². The first-order chi connectivity index (χ1) is 19.7. The second-order valence-electron chi connectivity index (χ2n) is 11.2. The van der Waals surface area contributed by atoms with Gasteiger partial charge < -0.3 is 19.6 Å². The van der Waals surface area contributed by atoms with E-state index in [2.05, 4.69) is 29.6 Å². The van der Waals surface area contributed by atoms with Crippen molar-refractivity contribution in [3.63, 3.8) is 0 Å². The van der Waals surface area contributed by atoms with E-state index in [0.29, 0.717) is 12.0 Å². The largest absolute Gasteiger partial charge is 0.456 e. The van der Waals surface area contributed by atoms with Crippen LogP contribution in [0.5, 0.6) is 0 Å². The van der Waals surface area contributed by atoms with Crippen molar-refractivity contribution in [1.29, 1.82) is 0 Å². The minimum absolute atomic E-state index is 0.0517. The topological polar surface area (TPSA) is 81.7 Å². The molecule has 0 heterocycles. The highest BCUT2D eigenvalue weighted by molar-refractivity contribution is 5.91. The Morgan fingerprint density at radius 3 is 2.07 bits per heavy atom. The molecule has 0 radical (unpaired) electrons. The Hall–Kier alpha value is -4.71. The van der Waals surface area contributed by atoms with E-state index in [1.165, 1.54) is 0 Å². The predicted molar refractivity (Wildman–Crippen MR) is 159 cm³/mol. The van der Waals surface area contributed by atoms with Crippen molar-refractivity contribution >= 4 is 18.3 Å². The Bertz CT molecular complexity index is 1520. The molecule has 1 aliphatic carbocycles. The molecule has 0 saturated carbocycles. The number of hydrogen-bond donors (Lipinski definition) is 1. The van der Waals surface area contributed by atoms with Crippen LogP contribution in [0.3, 0.4) is 0 Å². The highest BCUT2D eigenvalue weighted by atomic mass is 16.6. The van der Waals surface area contributed by atoms with Crippen molar-refractivity contribution in [3.8, 4) is 22.3 Å². The van der Waals surface area contributed by atoms with Gasteiger partial charge in [-0.25, -0.2) is 9.59 Å². The van der Waals surface area contributed by atoms with E-state index in [0.717, 1.165) is 45.2 Å². The molecule has 0 bridgehead atoms. The lowest BCUT2D eigenvalue weighted by Crippen LogP contribution is -2.38.